The van der Waals surface area contributed by atoms with E-state index in [-0.39, 0.29) is 12.5 Å². The average molecular weight is 417 g/mol. The second kappa shape index (κ2) is 8.21. The van der Waals surface area contributed by atoms with Gasteiger partial charge in [-0.05, 0) is 30.5 Å². The van der Waals surface area contributed by atoms with Crippen LogP contribution in [0.15, 0.2) is 45.4 Å². The first-order chi connectivity index (χ1) is 13.7. The summed E-state index contributed by atoms with van der Waals surface area (Å²) in [4.78, 5) is 6.29. The van der Waals surface area contributed by atoms with Crippen LogP contribution in [0.1, 0.15) is 11.4 Å². The SMILES string of the molecule is Cc1ccc(F)c(-c2nc(CSc3ccsc3-c3nncn3CCO)no2)c1. The molecule has 3 aromatic heterocycles. The molecule has 4 rings (SSSR count). The Balaban J connectivity index is 1.51. The fraction of sp³-hybridized carbons (Fsp3) is 0.222. The number of aromatic nitrogens is 5. The number of hydrogen-bond acceptors (Lipinski definition) is 8. The van der Waals surface area contributed by atoms with E-state index >= 15 is 0 Å². The van der Waals surface area contributed by atoms with Crippen LogP contribution in [0.5, 0.6) is 0 Å². The first kappa shape index (κ1) is 18.8. The van der Waals surface area contributed by atoms with Gasteiger partial charge in [-0.1, -0.05) is 16.8 Å². The van der Waals surface area contributed by atoms with Crippen LogP contribution in [-0.2, 0) is 12.3 Å². The summed E-state index contributed by atoms with van der Waals surface area (Å²) >= 11 is 3.08. The molecule has 28 heavy (non-hydrogen) atoms. The van der Waals surface area contributed by atoms with Crippen molar-refractivity contribution in [1.29, 1.82) is 0 Å². The number of rotatable bonds is 7. The Morgan fingerprint density at radius 2 is 2.21 bits per heavy atom. The first-order valence-corrected chi connectivity index (χ1v) is 10.3. The lowest BCUT2D eigenvalue weighted by Gasteiger charge is -2.04. The maximum Gasteiger partial charge on any atom is 0.260 e. The summed E-state index contributed by atoms with van der Waals surface area (Å²) < 4.78 is 21.1. The number of halogens is 1. The van der Waals surface area contributed by atoms with E-state index in [1.165, 1.54) is 17.8 Å². The van der Waals surface area contributed by atoms with Crippen LogP contribution in [0.3, 0.4) is 0 Å². The van der Waals surface area contributed by atoms with Crippen LogP contribution in [0.4, 0.5) is 4.39 Å². The van der Waals surface area contributed by atoms with Gasteiger partial charge in [0.25, 0.3) is 5.89 Å². The molecular formula is C18H16FN5O2S2. The highest BCUT2D eigenvalue weighted by Gasteiger charge is 2.17. The fourth-order valence-electron chi connectivity index (χ4n) is 2.64. The van der Waals surface area contributed by atoms with Crippen LogP contribution < -0.4 is 0 Å². The second-order valence-electron chi connectivity index (χ2n) is 5.97. The second-order valence-corrected chi connectivity index (χ2v) is 7.91. The zero-order chi connectivity index (χ0) is 19.5. The van der Waals surface area contributed by atoms with E-state index in [4.69, 9.17) is 4.52 Å². The molecule has 1 aromatic carbocycles. The molecular weight excluding hydrogens is 401 g/mol. The molecule has 0 aliphatic heterocycles. The monoisotopic (exact) mass is 417 g/mol. The molecule has 7 nitrogen and oxygen atoms in total. The molecule has 0 atom stereocenters. The molecule has 0 radical (unpaired) electrons. The van der Waals surface area contributed by atoms with Gasteiger partial charge in [0, 0.05) is 11.4 Å². The summed E-state index contributed by atoms with van der Waals surface area (Å²) in [5.41, 5.74) is 1.22. The van der Waals surface area contributed by atoms with E-state index in [9.17, 15) is 9.50 Å². The Labute approximate surface area is 168 Å². The van der Waals surface area contributed by atoms with Crippen molar-refractivity contribution < 1.29 is 14.0 Å². The molecule has 0 unspecified atom stereocenters. The Kier molecular flexibility index (Phi) is 5.51. The summed E-state index contributed by atoms with van der Waals surface area (Å²) in [5, 5.41) is 23.2. The van der Waals surface area contributed by atoms with Gasteiger partial charge in [0.05, 0.1) is 22.8 Å². The van der Waals surface area contributed by atoms with E-state index in [1.54, 1.807) is 29.8 Å². The van der Waals surface area contributed by atoms with Gasteiger partial charge < -0.3 is 14.2 Å². The molecule has 0 bridgehead atoms. The lowest BCUT2D eigenvalue weighted by atomic mass is 10.1. The minimum atomic E-state index is -0.392. The van der Waals surface area contributed by atoms with E-state index in [2.05, 4.69) is 20.3 Å². The van der Waals surface area contributed by atoms with Gasteiger partial charge in [-0.25, -0.2) is 4.39 Å². The van der Waals surface area contributed by atoms with E-state index in [1.807, 2.05) is 22.9 Å². The van der Waals surface area contributed by atoms with Gasteiger partial charge in [-0.2, -0.15) is 4.98 Å². The lowest BCUT2D eigenvalue weighted by molar-refractivity contribution is 0.276. The van der Waals surface area contributed by atoms with Crippen molar-refractivity contribution in [2.24, 2.45) is 0 Å². The zero-order valence-corrected chi connectivity index (χ0v) is 16.5. The predicted octanol–water partition coefficient (Wildman–Crippen LogP) is 3.79. The molecule has 0 saturated carbocycles. The van der Waals surface area contributed by atoms with E-state index in [0.29, 0.717) is 29.5 Å². The van der Waals surface area contributed by atoms with Crippen molar-refractivity contribution in [3.63, 3.8) is 0 Å². The fourth-order valence-corrected chi connectivity index (χ4v) is 4.63. The molecule has 3 heterocycles. The van der Waals surface area contributed by atoms with Crippen molar-refractivity contribution >= 4 is 23.1 Å². The normalized spacial score (nSPS) is 11.2. The van der Waals surface area contributed by atoms with Crippen LogP contribution in [0.2, 0.25) is 0 Å². The van der Waals surface area contributed by atoms with Crippen LogP contribution in [0.25, 0.3) is 22.2 Å². The molecule has 0 spiro atoms. The third kappa shape index (κ3) is 3.84. The topological polar surface area (TPSA) is 89.9 Å². The molecule has 0 aliphatic rings. The van der Waals surface area contributed by atoms with Gasteiger partial charge in [0.15, 0.2) is 11.6 Å². The summed E-state index contributed by atoms with van der Waals surface area (Å²) in [5.74, 6) is 1.44. The van der Waals surface area contributed by atoms with Crippen molar-refractivity contribution in [2.75, 3.05) is 6.61 Å². The van der Waals surface area contributed by atoms with Crippen LogP contribution in [-0.4, -0.2) is 36.6 Å². The number of thiophene rings is 1. The standard InChI is InChI=1S/C18H16FN5O2S2/c1-11-2-3-13(19)12(8-11)18-21-15(23-26-18)9-28-14-4-7-27-16(14)17-22-20-10-24(17)5-6-25/h2-4,7-8,10,25H,5-6,9H2,1H3. The lowest BCUT2D eigenvalue weighted by Crippen LogP contribution is -2.02. The number of aryl methyl sites for hydroxylation is 1. The minimum Gasteiger partial charge on any atom is -0.395 e. The molecule has 4 aromatic rings. The highest BCUT2D eigenvalue weighted by atomic mass is 32.2. The van der Waals surface area contributed by atoms with Gasteiger partial charge >= 0.3 is 0 Å². The third-order valence-corrected chi connectivity index (χ3v) is 6.06. The van der Waals surface area contributed by atoms with Gasteiger partial charge in [0.2, 0.25) is 0 Å². The summed E-state index contributed by atoms with van der Waals surface area (Å²) in [6.07, 6.45) is 1.60. The van der Waals surface area contributed by atoms with Crippen molar-refractivity contribution in [3.05, 3.63) is 53.2 Å². The number of nitrogens with zero attached hydrogens (tertiary/aromatic N) is 5. The maximum absolute atomic E-state index is 14.0. The smallest absolute Gasteiger partial charge is 0.260 e. The molecule has 0 aliphatic carbocycles. The molecule has 0 fully saturated rings. The Bertz CT molecular complexity index is 1090. The highest BCUT2D eigenvalue weighted by molar-refractivity contribution is 7.98. The van der Waals surface area contributed by atoms with Gasteiger partial charge in [0.1, 0.15) is 12.1 Å². The van der Waals surface area contributed by atoms with Crippen LogP contribution >= 0.6 is 23.1 Å². The molecule has 10 heteroatoms. The quantitative estimate of drug-likeness (QED) is 0.458. The largest absolute Gasteiger partial charge is 0.395 e. The number of benzene rings is 1. The Hall–Kier alpha value is -2.56. The predicted molar refractivity (Wildman–Crippen MR) is 104 cm³/mol. The molecule has 0 saturated heterocycles. The Morgan fingerprint density at radius 3 is 3.07 bits per heavy atom. The zero-order valence-electron chi connectivity index (χ0n) is 14.9. The van der Waals surface area contributed by atoms with E-state index < -0.39 is 5.82 Å². The third-order valence-electron chi connectivity index (χ3n) is 3.97. The molecule has 1 N–H and O–H groups in total. The summed E-state index contributed by atoms with van der Waals surface area (Å²) in [7, 11) is 0. The minimum absolute atomic E-state index is 0.0139. The first-order valence-electron chi connectivity index (χ1n) is 8.44. The summed E-state index contributed by atoms with van der Waals surface area (Å²) in [6.45, 7) is 2.32. The molecule has 0 amide bonds. The number of thioether (sulfide) groups is 1. The van der Waals surface area contributed by atoms with Crippen molar-refractivity contribution in [1.82, 2.24) is 24.9 Å². The summed E-state index contributed by atoms with van der Waals surface area (Å²) in [6, 6.07) is 6.76. The average Bonchev–Trinajstić information content (AvgIpc) is 3.42. The molecule has 144 valence electrons. The van der Waals surface area contributed by atoms with Crippen molar-refractivity contribution in [2.45, 2.75) is 24.1 Å². The van der Waals surface area contributed by atoms with Gasteiger partial charge in [-0.15, -0.1) is 33.3 Å². The van der Waals surface area contributed by atoms with Crippen LogP contribution in [0, 0.1) is 12.7 Å². The highest BCUT2D eigenvalue weighted by Crippen LogP contribution is 2.36. The maximum atomic E-state index is 14.0. The number of hydrogen-bond donors (Lipinski definition) is 1. The Morgan fingerprint density at radius 1 is 1.32 bits per heavy atom. The van der Waals surface area contributed by atoms with E-state index in [0.717, 1.165) is 15.3 Å². The van der Waals surface area contributed by atoms with Gasteiger partial charge in [-0.3, -0.25) is 0 Å². The number of aliphatic hydroxyl groups is 1. The van der Waals surface area contributed by atoms with Crippen molar-refractivity contribution in [3.8, 4) is 22.2 Å². The number of aliphatic hydroxyl groups excluding tert-OH is 1.